The Morgan fingerprint density at radius 1 is 1.29 bits per heavy atom. The van der Waals surface area contributed by atoms with Crippen LogP contribution in [0.4, 0.5) is 5.13 Å². The van der Waals surface area contributed by atoms with E-state index in [2.05, 4.69) is 27.9 Å². The van der Waals surface area contributed by atoms with Crippen LogP contribution in [0.15, 0.2) is 29.6 Å². The van der Waals surface area contributed by atoms with E-state index in [4.69, 9.17) is 4.98 Å². The molecule has 1 aliphatic rings. The quantitative estimate of drug-likeness (QED) is 0.731. The molecule has 0 saturated carbocycles. The van der Waals surface area contributed by atoms with Gasteiger partial charge >= 0.3 is 0 Å². The van der Waals surface area contributed by atoms with Crippen LogP contribution in [0.25, 0.3) is 11.0 Å². The Morgan fingerprint density at radius 3 is 2.89 bits per heavy atom. The van der Waals surface area contributed by atoms with Gasteiger partial charge in [0.2, 0.25) is 5.91 Å². The molecule has 1 atom stereocenters. The minimum Gasteiger partial charge on any atom is -0.335 e. The lowest BCUT2D eigenvalue weighted by Crippen LogP contribution is -2.41. The molecule has 2 aromatic heterocycles. The Morgan fingerprint density at radius 2 is 2.11 bits per heavy atom. The van der Waals surface area contributed by atoms with Crippen LogP contribution >= 0.6 is 11.3 Å². The van der Waals surface area contributed by atoms with Crippen molar-refractivity contribution in [2.24, 2.45) is 0 Å². The lowest BCUT2D eigenvalue weighted by molar-refractivity contribution is -0.114. The number of anilines is 1. The maximum Gasteiger partial charge on any atom is 0.273 e. The third kappa shape index (κ3) is 3.52. The van der Waals surface area contributed by atoms with Gasteiger partial charge in [-0.2, -0.15) is 0 Å². The van der Waals surface area contributed by atoms with Gasteiger partial charge in [0.25, 0.3) is 5.91 Å². The smallest absolute Gasteiger partial charge is 0.273 e. The molecule has 1 unspecified atom stereocenters. The van der Waals surface area contributed by atoms with E-state index in [0.717, 1.165) is 42.7 Å². The van der Waals surface area contributed by atoms with Crippen molar-refractivity contribution in [3.8, 4) is 0 Å². The van der Waals surface area contributed by atoms with E-state index in [1.807, 2.05) is 23.1 Å². The van der Waals surface area contributed by atoms with E-state index in [0.29, 0.717) is 17.4 Å². The van der Waals surface area contributed by atoms with Crippen LogP contribution in [0.5, 0.6) is 0 Å². The molecule has 0 aliphatic carbocycles. The second-order valence-electron chi connectivity index (χ2n) is 7.01. The molecular formula is C20H23N5O2S. The zero-order valence-corrected chi connectivity index (χ0v) is 16.8. The van der Waals surface area contributed by atoms with Crippen molar-refractivity contribution in [3.63, 3.8) is 0 Å². The number of carbonyl (C=O) groups excluding carboxylic acids is 2. The molecule has 1 N–H and O–H groups in total. The number of piperidine rings is 1. The summed E-state index contributed by atoms with van der Waals surface area (Å²) in [5.41, 5.74) is 2.52. The number of rotatable bonds is 4. The first-order chi connectivity index (χ1) is 13.6. The molecule has 0 radical (unpaired) electrons. The minimum atomic E-state index is -0.189. The Bertz CT molecular complexity index is 1020. The number of aryl methyl sites for hydroxylation is 1. The number of hydrogen-bond acceptors (Lipinski definition) is 5. The van der Waals surface area contributed by atoms with Gasteiger partial charge in [-0.25, -0.2) is 9.97 Å². The van der Waals surface area contributed by atoms with Crippen molar-refractivity contribution >= 4 is 39.3 Å². The molecule has 0 bridgehead atoms. The van der Waals surface area contributed by atoms with E-state index in [-0.39, 0.29) is 17.9 Å². The summed E-state index contributed by atoms with van der Waals surface area (Å²) in [5, 5.41) is 4.80. The second-order valence-corrected chi connectivity index (χ2v) is 7.86. The fourth-order valence-corrected chi connectivity index (χ4v) is 4.57. The van der Waals surface area contributed by atoms with E-state index < -0.39 is 0 Å². The molecule has 3 aromatic rings. The summed E-state index contributed by atoms with van der Waals surface area (Å²) in [6.07, 6.45) is 2.81. The standard InChI is InChI=1S/C20H23N5O2S/c1-3-18-22-15-8-4-5-9-17(15)25(18)14-7-6-10-24(11-14)19(27)16-12-28-20(23-16)21-13(2)26/h4-5,8-9,12,14H,3,6-7,10-11H2,1-2H3,(H,21,23,26). The van der Waals surface area contributed by atoms with Crippen molar-refractivity contribution < 1.29 is 9.59 Å². The minimum absolute atomic E-state index is 0.0833. The Hall–Kier alpha value is -2.74. The molecule has 1 fully saturated rings. The highest BCUT2D eigenvalue weighted by molar-refractivity contribution is 7.14. The molecule has 146 valence electrons. The third-order valence-corrected chi connectivity index (χ3v) is 5.80. The number of nitrogens with zero attached hydrogens (tertiary/aromatic N) is 4. The summed E-state index contributed by atoms with van der Waals surface area (Å²) >= 11 is 1.27. The van der Waals surface area contributed by atoms with Crippen molar-refractivity contribution in [2.45, 2.75) is 39.2 Å². The van der Waals surface area contributed by atoms with Crippen LogP contribution in [-0.4, -0.2) is 44.3 Å². The zero-order chi connectivity index (χ0) is 19.7. The van der Waals surface area contributed by atoms with Crippen molar-refractivity contribution in [1.82, 2.24) is 19.4 Å². The van der Waals surface area contributed by atoms with Gasteiger partial charge in [0, 0.05) is 31.8 Å². The van der Waals surface area contributed by atoms with E-state index in [1.165, 1.54) is 18.3 Å². The summed E-state index contributed by atoms with van der Waals surface area (Å²) in [6.45, 7) is 4.90. The molecule has 1 aromatic carbocycles. The number of aromatic nitrogens is 3. The number of benzene rings is 1. The molecule has 0 spiro atoms. The molecule has 1 aliphatic heterocycles. The van der Waals surface area contributed by atoms with E-state index >= 15 is 0 Å². The molecular weight excluding hydrogens is 374 g/mol. The predicted octanol–water partition coefficient (Wildman–Crippen LogP) is 3.49. The van der Waals surface area contributed by atoms with Gasteiger partial charge in [-0.1, -0.05) is 19.1 Å². The summed E-state index contributed by atoms with van der Waals surface area (Å²) in [6, 6.07) is 8.38. The highest BCUT2D eigenvalue weighted by atomic mass is 32.1. The highest BCUT2D eigenvalue weighted by Gasteiger charge is 2.29. The van der Waals surface area contributed by atoms with Gasteiger partial charge in [0.1, 0.15) is 11.5 Å². The summed E-state index contributed by atoms with van der Waals surface area (Å²) in [4.78, 5) is 35.1. The molecule has 1 saturated heterocycles. The maximum absolute atomic E-state index is 13.0. The zero-order valence-electron chi connectivity index (χ0n) is 16.0. The van der Waals surface area contributed by atoms with Gasteiger partial charge in [0.15, 0.2) is 5.13 Å². The van der Waals surface area contributed by atoms with Crippen molar-refractivity contribution in [1.29, 1.82) is 0 Å². The van der Waals surface area contributed by atoms with E-state index in [1.54, 1.807) is 5.38 Å². The normalized spacial score (nSPS) is 17.1. The first-order valence-corrected chi connectivity index (χ1v) is 10.4. The average Bonchev–Trinajstić information content (AvgIpc) is 3.31. The number of fused-ring (bicyclic) bond motifs is 1. The second kappa shape index (κ2) is 7.71. The maximum atomic E-state index is 13.0. The highest BCUT2D eigenvalue weighted by Crippen LogP contribution is 2.29. The molecule has 28 heavy (non-hydrogen) atoms. The number of likely N-dealkylation sites (tertiary alicyclic amines) is 1. The summed E-state index contributed by atoms with van der Waals surface area (Å²) < 4.78 is 2.30. The lowest BCUT2D eigenvalue weighted by atomic mass is 10.0. The van der Waals surface area contributed by atoms with Crippen LogP contribution in [0, 0.1) is 0 Å². The number of thiazole rings is 1. The first-order valence-electron chi connectivity index (χ1n) is 9.55. The van der Waals surface area contributed by atoms with Crippen LogP contribution in [0.1, 0.15) is 49.0 Å². The van der Waals surface area contributed by atoms with Gasteiger partial charge in [-0.05, 0) is 25.0 Å². The third-order valence-electron chi connectivity index (χ3n) is 5.04. The van der Waals surface area contributed by atoms with Crippen molar-refractivity contribution in [3.05, 3.63) is 41.2 Å². The van der Waals surface area contributed by atoms with Gasteiger partial charge < -0.3 is 14.8 Å². The Balaban J connectivity index is 1.57. The van der Waals surface area contributed by atoms with Gasteiger partial charge in [-0.3, -0.25) is 9.59 Å². The van der Waals surface area contributed by atoms with Crippen LogP contribution in [-0.2, 0) is 11.2 Å². The topological polar surface area (TPSA) is 80.1 Å². The van der Waals surface area contributed by atoms with E-state index in [9.17, 15) is 9.59 Å². The van der Waals surface area contributed by atoms with Crippen LogP contribution < -0.4 is 5.32 Å². The van der Waals surface area contributed by atoms with Gasteiger partial charge in [0.05, 0.1) is 17.1 Å². The predicted molar refractivity (Wildman–Crippen MR) is 110 cm³/mol. The average molecular weight is 398 g/mol. The van der Waals surface area contributed by atoms with Gasteiger partial charge in [-0.15, -0.1) is 11.3 Å². The SMILES string of the molecule is CCc1nc2ccccc2n1C1CCCN(C(=O)c2csc(NC(C)=O)n2)C1. The first kappa shape index (κ1) is 18.6. The largest absolute Gasteiger partial charge is 0.335 e. The molecule has 4 rings (SSSR count). The number of nitrogens with one attached hydrogen (secondary N) is 1. The monoisotopic (exact) mass is 397 g/mol. The number of amides is 2. The number of imidazole rings is 1. The Kier molecular flexibility index (Phi) is 5.13. The molecule has 2 amide bonds. The molecule has 3 heterocycles. The fourth-order valence-electron chi connectivity index (χ4n) is 3.84. The van der Waals surface area contributed by atoms with Crippen LogP contribution in [0.2, 0.25) is 0 Å². The number of carbonyl (C=O) groups is 2. The number of para-hydroxylation sites is 2. The molecule has 8 heteroatoms. The lowest BCUT2D eigenvalue weighted by Gasteiger charge is -2.34. The summed E-state index contributed by atoms with van der Waals surface area (Å²) in [7, 11) is 0. The molecule has 7 nitrogen and oxygen atoms in total. The summed E-state index contributed by atoms with van der Waals surface area (Å²) in [5.74, 6) is 0.785. The van der Waals surface area contributed by atoms with Crippen LogP contribution in [0.3, 0.4) is 0 Å². The fraction of sp³-hybridized carbons (Fsp3) is 0.400. The number of hydrogen-bond donors (Lipinski definition) is 1. The van der Waals surface area contributed by atoms with Crippen molar-refractivity contribution in [2.75, 3.05) is 18.4 Å². The Labute approximate surface area is 167 Å².